The Bertz CT molecular complexity index is 878. The first-order valence-electron chi connectivity index (χ1n) is 8.10. The predicted octanol–water partition coefficient (Wildman–Crippen LogP) is 4.35. The minimum absolute atomic E-state index is 0.00384. The second-order valence-corrected chi connectivity index (χ2v) is 7.25. The molecule has 1 saturated heterocycles. The first-order chi connectivity index (χ1) is 12.2. The van der Waals surface area contributed by atoms with Crippen LogP contribution in [0.1, 0.15) is 45.8 Å². The Kier molecular flexibility index (Phi) is 4.55. The molecule has 0 radical (unpaired) electrons. The number of carbonyl (C=O) groups is 1. The van der Waals surface area contributed by atoms with Crippen molar-refractivity contribution in [1.29, 1.82) is 0 Å². The maximum absolute atomic E-state index is 12.6. The Balaban J connectivity index is 1.53. The van der Waals surface area contributed by atoms with Crippen LogP contribution in [0.25, 0.3) is 0 Å². The average Bonchev–Trinajstić information content (AvgIpc) is 3.37. The standard InChI is InChI=1S/C18H16ClN3O2S/c19-14-5-2-1-4-12(14)8-13-9-21-17(24-13)15-6-3-7-22(15)18(23)16-10-20-11-25-16/h1-2,4-5,9-11,15H,3,6-8H2. The lowest BCUT2D eigenvalue weighted by Crippen LogP contribution is -2.30. The van der Waals surface area contributed by atoms with Crippen LogP contribution in [0.5, 0.6) is 0 Å². The van der Waals surface area contributed by atoms with E-state index in [1.165, 1.54) is 11.3 Å². The summed E-state index contributed by atoms with van der Waals surface area (Å²) in [4.78, 5) is 23.5. The minimum atomic E-state index is -0.116. The maximum Gasteiger partial charge on any atom is 0.266 e. The van der Waals surface area contributed by atoms with Gasteiger partial charge in [-0.2, -0.15) is 0 Å². The zero-order chi connectivity index (χ0) is 17.2. The summed E-state index contributed by atoms with van der Waals surface area (Å²) in [6.07, 6.45) is 5.73. The van der Waals surface area contributed by atoms with Gasteiger partial charge in [-0.3, -0.25) is 9.78 Å². The highest BCUT2D eigenvalue weighted by Gasteiger charge is 2.34. The molecule has 1 aliphatic heterocycles. The number of rotatable bonds is 4. The van der Waals surface area contributed by atoms with E-state index in [0.29, 0.717) is 28.8 Å². The zero-order valence-corrected chi connectivity index (χ0v) is 15.0. The van der Waals surface area contributed by atoms with Crippen LogP contribution < -0.4 is 0 Å². The van der Waals surface area contributed by atoms with Gasteiger partial charge in [-0.15, -0.1) is 11.3 Å². The number of oxazole rings is 1. The van der Waals surface area contributed by atoms with Crippen LogP contribution in [-0.4, -0.2) is 27.3 Å². The van der Waals surface area contributed by atoms with E-state index in [1.54, 1.807) is 17.9 Å². The topological polar surface area (TPSA) is 59.2 Å². The molecule has 0 aliphatic carbocycles. The summed E-state index contributed by atoms with van der Waals surface area (Å²) in [5.41, 5.74) is 2.67. The summed E-state index contributed by atoms with van der Waals surface area (Å²) < 4.78 is 5.95. The van der Waals surface area contributed by atoms with Crippen LogP contribution in [0.2, 0.25) is 5.02 Å². The van der Waals surface area contributed by atoms with Gasteiger partial charge in [0.25, 0.3) is 5.91 Å². The first kappa shape index (κ1) is 16.3. The molecule has 0 N–H and O–H groups in total. The lowest BCUT2D eigenvalue weighted by atomic mass is 10.1. The van der Waals surface area contributed by atoms with Crippen molar-refractivity contribution in [2.24, 2.45) is 0 Å². The van der Waals surface area contributed by atoms with Crippen molar-refractivity contribution in [3.63, 3.8) is 0 Å². The van der Waals surface area contributed by atoms with Gasteiger partial charge in [0, 0.05) is 18.0 Å². The lowest BCUT2D eigenvalue weighted by molar-refractivity contribution is 0.0719. The molecule has 0 saturated carbocycles. The summed E-state index contributed by atoms with van der Waals surface area (Å²) in [5.74, 6) is 1.34. The van der Waals surface area contributed by atoms with E-state index < -0.39 is 0 Å². The van der Waals surface area contributed by atoms with Gasteiger partial charge in [-0.1, -0.05) is 29.8 Å². The average molecular weight is 374 g/mol. The molecule has 3 aromatic rings. The Hall–Kier alpha value is -2.18. The molecule has 2 aromatic heterocycles. The van der Waals surface area contributed by atoms with Crippen molar-refractivity contribution in [3.05, 3.63) is 69.3 Å². The van der Waals surface area contributed by atoms with E-state index in [-0.39, 0.29) is 11.9 Å². The molecule has 1 aromatic carbocycles. The zero-order valence-electron chi connectivity index (χ0n) is 13.4. The number of carbonyl (C=O) groups excluding carboxylic acids is 1. The van der Waals surface area contributed by atoms with Crippen molar-refractivity contribution >= 4 is 28.8 Å². The molecule has 25 heavy (non-hydrogen) atoms. The van der Waals surface area contributed by atoms with E-state index in [4.69, 9.17) is 16.0 Å². The van der Waals surface area contributed by atoms with Crippen LogP contribution in [0, 0.1) is 0 Å². The number of likely N-dealkylation sites (tertiary alicyclic amines) is 1. The summed E-state index contributed by atoms with van der Waals surface area (Å²) in [5, 5.41) is 0.711. The fourth-order valence-corrected chi connectivity index (χ4v) is 3.89. The van der Waals surface area contributed by atoms with Crippen LogP contribution in [-0.2, 0) is 6.42 Å². The molecule has 1 aliphatic rings. The van der Waals surface area contributed by atoms with Gasteiger partial charge in [0.1, 0.15) is 16.7 Å². The Morgan fingerprint density at radius 2 is 2.24 bits per heavy atom. The summed E-state index contributed by atoms with van der Waals surface area (Å²) in [7, 11) is 0. The van der Waals surface area contributed by atoms with Crippen molar-refractivity contribution in [3.8, 4) is 0 Å². The van der Waals surface area contributed by atoms with E-state index in [2.05, 4.69) is 9.97 Å². The second kappa shape index (κ2) is 6.98. The first-order valence-corrected chi connectivity index (χ1v) is 9.35. The van der Waals surface area contributed by atoms with E-state index in [0.717, 1.165) is 24.2 Å². The quantitative estimate of drug-likeness (QED) is 0.682. The lowest BCUT2D eigenvalue weighted by Gasteiger charge is -2.21. The fraction of sp³-hybridized carbons (Fsp3) is 0.278. The molecule has 7 heteroatoms. The molecule has 1 unspecified atom stereocenters. The van der Waals surface area contributed by atoms with E-state index in [1.807, 2.05) is 29.2 Å². The second-order valence-electron chi connectivity index (χ2n) is 5.96. The summed E-state index contributed by atoms with van der Waals surface area (Å²) >= 11 is 7.57. The van der Waals surface area contributed by atoms with Crippen LogP contribution in [0.3, 0.4) is 0 Å². The van der Waals surface area contributed by atoms with Gasteiger partial charge >= 0.3 is 0 Å². The number of thiazole rings is 1. The highest BCUT2D eigenvalue weighted by atomic mass is 35.5. The number of hydrogen-bond acceptors (Lipinski definition) is 5. The van der Waals surface area contributed by atoms with Crippen molar-refractivity contribution < 1.29 is 9.21 Å². The third kappa shape index (κ3) is 3.32. The summed E-state index contributed by atoms with van der Waals surface area (Å²) in [6.45, 7) is 0.712. The van der Waals surface area contributed by atoms with Crippen LogP contribution >= 0.6 is 22.9 Å². The molecule has 4 rings (SSSR count). The Morgan fingerprint density at radius 3 is 3.04 bits per heavy atom. The Labute approximate surface area is 154 Å². The van der Waals surface area contributed by atoms with Crippen LogP contribution in [0.15, 0.2) is 46.6 Å². The number of hydrogen-bond donors (Lipinski definition) is 0. The molecular weight excluding hydrogens is 358 g/mol. The molecule has 1 amide bonds. The molecular formula is C18H16ClN3O2S. The Morgan fingerprint density at radius 1 is 1.36 bits per heavy atom. The minimum Gasteiger partial charge on any atom is -0.443 e. The van der Waals surface area contributed by atoms with Gasteiger partial charge in [0.05, 0.1) is 17.9 Å². The number of halogens is 1. The third-order valence-electron chi connectivity index (χ3n) is 4.34. The normalized spacial score (nSPS) is 17.2. The molecule has 5 nitrogen and oxygen atoms in total. The predicted molar refractivity (Wildman–Crippen MR) is 95.9 cm³/mol. The molecule has 1 fully saturated rings. The highest BCUT2D eigenvalue weighted by Crippen LogP contribution is 2.33. The van der Waals surface area contributed by atoms with Gasteiger partial charge < -0.3 is 9.32 Å². The summed E-state index contributed by atoms with van der Waals surface area (Å²) in [6, 6.07) is 7.57. The highest BCUT2D eigenvalue weighted by molar-refractivity contribution is 7.11. The molecule has 0 bridgehead atoms. The number of aromatic nitrogens is 2. The fourth-order valence-electron chi connectivity index (χ4n) is 3.12. The van der Waals surface area contributed by atoms with Gasteiger partial charge in [-0.25, -0.2) is 4.98 Å². The van der Waals surface area contributed by atoms with Crippen LogP contribution in [0.4, 0.5) is 0 Å². The molecule has 1 atom stereocenters. The maximum atomic E-state index is 12.6. The largest absolute Gasteiger partial charge is 0.443 e. The molecule has 0 spiro atoms. The van der Waals surface area contributed by atoms with Crippen molar-refractivity contribution in [2.75, 3.05) is 6.54 Å². The van der Waals surface area contributed by atoms with Crippen molar-refractivity contribution in [2.45, 2.75) is 25.3 Å². The van der Waals surface area contributed by atoms with Gasteiger partial charge in [0.2, 0.25) is 5.89 Å². The number of amides is 1. The van der Waals surface area contributed by atoms with Crippen molar-refractivity contribution in [1.82, 2.24) is 14.9 Å². The number of benzene rings is 1. The smallest absolute Gasteiger partial charge is 0.266 e. The van der Waals surface area contributed by atoms with E-state index >= 15 is 0 Å². The SMILES string of the molecule is O=C(c1cncs1)N1CCCC1c1ncc(Cc2ccccc2Cl)o1. The van der Waals surface area contributed by atoms with Gasteiger partial charge in [-0.05, 0) is 24.5 Å². The monoisotopic (exact) mass is 373 g/mol. The van der Waals surface area contributed by atoms with Gasteiger partial charge in [0.15, 0.2) is 0 Å². The third-order valence-corrected chi connectivity index (χ3v) is 5.47. The molecule has 128 valence electrons. The van der Waals surface area contributed by atoms with E-state index in [9.17, 15) is 4.79 Å². The number of nitrogens with zero attached hydrogens (tertiary/aromatic N) is 3. The molecule has 3 heterocycles.